The van der Waals surface area contributed by atoms with Crippen molar-refractivity contribution in [2.75, 3.05) is 12.8 Å². The third-order valence-electron chi connectivity index (χ3n) is 3.80. The fraction of sp³-hybridized carbons (Fsp3) is 0.600. The van der Waals surface area contributed by atoms with Crippen molar-refractivity contribution in [1.82, 2.24) is 0 Å². The van der Waals surface area contributed by atoms with Crippen LogP contribution in [0.3, 0.4) is 0 Å². The summed E-state index contributed by atoms with van der Waals surface area (Å²) in [5, 5.41) is 0. The minimum Gasteiger partial charge on any atom is -0.497 e. The molecule has 0 bridgehead atoms. The Balaban J connectivity index is 1.98. The quantitative estimate of drug-likeness (QED) is 0.832. The monoisotopic (exact) mass is 249 g/mol. The predicted molar refractivity (Wildman–Crippen MR) is 74.1 cm³/mol. The summed E-state index contributed by atoms with van der Waals surface area (Å²) in [4.78, 5) is 0. The van der Waals surface area contributed by atoms with Gasteiger partial charge in [0.2, 0.25) is 0 Å². The molecule has 18 heavy (non-hydrogen) atoms. The lowest BCUT2D eigenvalue weighted by Gasteiger charge is -2.34. The van der Waals surface area contributed by atoms with Crippen LogP contribution in [0.2, 0.25) is 0 Å². The second kappa shape index (κ2) is 5.09. The lowest BCUT2D eigenvalue weighted by molar-refractivity contribution is 0.0993. The van der Waals surface area contributed by atoms with Gasteiger partial charge in [0.1, 0.15) is 11.5 Å². The molecular weight excluding hydrogens is 226 g/mol. The first-order chi connectivity index (χ1) is 8.50. The molecule has 0 aliphatic heterocycles. The molecule has 0 aromatic heterocycles. The van der Waals surface area contributed by atoms with Crippen molar-refractivity contribution in [3.05, 3.63) is 18.2 Å². The first-order valence-electron chi connectivity index (χ1n) is 6.60. The van der Waals surface area contributed by atoms with Crippen LogP contribution in [0.15, 0.2) is 18.2 Å². The fourth-order valence-corrected chi connectivity index (χ4v) is 2.43. The summed E-state index contributed by atoms with van der Waals surface area (Å²) in [6, 6.07) is 5.59. The van der Waals surface area contributed by atoms with Gasteiger partial charge < -0.3 is 15.2 Å². The maximum Gasteiger partial charge on any atom is 0.142 e. The Morgan fingerprint density at radius 1 is 1.22 bits per heavy atom. The number of nitrogen functional groups attached to an aromatic ring is 1. The van der Waals surface area contributed by atoms with Gasteiger partial charge in [-0.1, -0.05) is 13.8 Å². The van der Waals surface area contributed by atoms with Crippen LogP contribution in [-0.4, -0.2) is 13.2 Å². The zero-order valence-electron chi connectivity index (χ0n) is 11.5. The van der Waals surface area contributed by atoms with Crippen LogP contribution in [-0.2, 0) is 0 Å². The maximum atomic E-state index is 6.00. The van der Waals surface area contributed by atoms with Crippen LogP contribution in [0.4, 0.5) is 5.69 Å². The number of hydrogen-bond donors (Lipinski definition) is 1. The molecule has 0 heterocycles. The lowest BCUT2D eigenvalue weighted by atomic mass is 9.76. The molecule has 1 aromatic rings. The minimum absolute atomic E-state index is 0.300. The number of hydrogen-bond acceptors (Lipinski definition) is 3. The molecule has 1 aliphatic carbocycles. The van der Waals surface area contributed by atoms with E-state index >= 15 is 0 Å². The van der Waals surface area contributed by atoms with E-state index in [4.69, 9.17) is 15.2 Å². The number of methoxy groups -OCH3 is 1. The SMILES string of the molecule is COc1ccc(OC2CCC(C)(C)CC2)c(N)c1. The molecule has 0 spiro atoms. The van der Waals surface area contributed by atoms with E-state index in [2.05, 4.69) is 13.8 Å². The number of rotatable bonds is 3. The highest BCUT2D eigenvalue weighted by Gasteiger charge is 2.28. The second-order valence-corrected chi connectivity index (χ2v) is 5.89. The molecule has 1 saturated carbocycles. The Kier molecular flexibility index (Phi) is 3.69. The van der Waals surface area contributed by atoms with E-state index in [1.807, 2.05) is 18.2 Å². The Bertz CT molecular complexity index is 405. The standard InChI is InChI=1S/C15H23NO2/c1-15(2)8-6-11(7-9-15)18-14-5-4-12(17-3)10-13(14)16/h4-5,10-11H,6-9,16H2,1-3H3. The van der Waals surface area contributed by atoms with E-state index in [0.717, 1.165) is 24.3 Å². The number of benzene rings is 1. The fourth-order valence-electron chi connectivity index (χ4n) is 2.43. The molecule has 0 atom stereocenters. The molecule has 1 fully saturated rings. The van der Waals surface area contributed by atoms with Crippen molar-refractivity contribution >= 4 is 5.69 Å². The molecule has 2 N–H and O–H groups in total. The molecule has 1 aliphatic rings. The summed E-state index contributed by atoms with van der Waals surface area (Å²) < 4.78 is 11.1. The Hall–Kier alpha value is -1.38. The van der Waals surface area contributed by atoms with E-state index < -0.39 is 0 Å². The van der Waals surface area contributed by atoms with Crippen molar-refractivity contribution in [3.8, 4) is 11.5 Å². The molecular formula is C15H23NO2. The minimum atomic E-state index is 0.300. The van der Waals surface area contributed by atoms with Crippen LogP contribution < -0.4 is 15.2 Å². The predicted octanol–water partition coefficient (Wildman–Crippen LogP) is 3.63. The zero-order chi connectivity index (χ0) is 13.2. The highest BCUT2D eigenvalue weighted by atomic mass is 16.5. The van der Waals surface area contributed by atoms with Gasteiger partial charge >= 0.3 is 0 Å². The molecule has 100 valence electrons. The molecule has 0 saturated heterocycles. The van der Waals surface area contributed by atoms with E-state index in [1.54, 1.807) is 7.11 Å². The smallest absolute Gasteiger partial charge is 0.142 e. The average molecular weight is 249 g/mol. The van der Waals surface area contributed by atoms with Gasteiger partial charge in [0.15, 0.2) is 0 Å². The van der Waals surface area contributed by atoms with Crippen molar-refractivity contribution in [2.24, 2.45) is 5.41 Å². The van der Waals surface area contributed by atoms with Gasteiger partial charge in [-0.3, -0.25) is 0 Å². The second-order valence-electron chi connectivity index (χ2n) is 5.89. The number of anilines is 1. The summed E-state index contributed by atoms with van der Waals surface area (Å²) in [7, 11) is 1.64. The van der Waals surface area contributed by atoms with Crippen LogP contribution in [0.5, 0.6) is 11.5 Å². The van der Waals surface area contributed by atoms with Gasteiger partial charge in [0.25, 0.3) is 0 Å². The highest BCUT2D eigenvalue weighted by Crippen LogP contribution is 2.37. The van der Waals surface area contributed by atoms with Crippen molar-refractivity contribution in [3.63, 3.8) is 0 Å². The normalized spacial score (nSPS) is 19.5. The first-order valence-corrected chi connectivity index (χ1v) is 6.60. The largest absolute Gasteiger partial charge is 0.497 e. The van der Waals surface area contributed by atoms with Gasteiger partial charge in [-0.05, 0) is 43.2 Å². The topological polar surface area (TPSA) is 44.5 Å². The molecule has 3 nitrogen and oxygen atoms in total. The summed E-state index contributed by atoms with van der Waals surface area (Å²) in [5.41, 5.74) is 7.08. The Labute approximate surface area is 109 Å². The van der Waals surface area contributed by atoms with Crippen molar-refractivity contribution in [1.29, 1.82) is 0 Å². The van der Waals surface area contributed by atoms with E-state index in [0.29, 0.717) is 17.2 Å². The summed E-state index contributed by atoms with van der Waals surface area (Å²) in [6.45, 7) is 4.65. The van der Waals surface area contributed by atoms with E-state index in [-0.39, 0.29) is 0 Å². The van der Waals surface area contributed by atoms with Crippen LogP contribution >= 0.6 is 0 Å². The Morgan fingerprint density at radius 2 is 1.89 bits per heavy atom. The molecule has 3 heteroatoms. The van der Waals surface area contributed by atoms with Gasteiger partial charge in [0, 0.05) is 6.07 Å². The van der Waals surface area contributed by atoms with E-state index in [9.17, 15) is 0 Å². The van der Waals surface area contributed by atoms with Crippen LogP contribution in [0.1, 0.15) is 39.5 Å². The number of nitrogens with two attached hydrogens (primary N) is 1. The molecule has 0 radical (unpaired) electrons. The summed E-state index contributed by atoms with van der Waals surface area (Å²) in [5.74, 6) is 1.55. The third kappa shape index (κ3) is 3.09. The highest BCUT2D eigenvalue weighted by molar-refractivity contribution is 5.56. The van der Waals surface area contributed by atoms with Crippen LogP contribution in [0, 0.1) is 5.41 Å². The molecule has 1 aromatic carbocycles. The third-order valence-corrected chi connectivity index (χ3v) is 3.80. The van der Waals surface area contributed by atoms with Gasteiger partial charge in [0.05, 0.1) is 18.9 Å². The molecule has 0 amide bonds. The van der Waals surface area contributed by atoms with E-state index in [1.165, 1.54) is 12.8 Å². The maximum absolute atomic E-state index is 6.00. The summed E-state index contributed by atoms with van der Waals surface area (Å²) in [6.07, 6.45) is 4.95. The van der Waals surface area contributed by atoms with Gasteiger partial charge in [-0.2, -0.15) is 0 Å². The molecule has 2 rings (SSSR count). The van der Waals surface area contributed by atoms with Crippen molar-refractivity contribution in [2.45, 2.75) is 45.6 Å². The van der Waals surface area contributed by atoms with Gasteiger partial charge in [-0.25, -0.2) is 0 Å². The number of ether oxygens (including phenoxy) is 2. The van der Waals surface area contributed by atoms with Gasteiger partial charge in [-0.15, -0.1) is 0 Å². The Morgan fingerprint density at radius 3 is 2.44 bits per heavy atom. The van der Waals surface area contributed by atoms with Crippen molar-refractivity contribution < 1.29 is 9.47 Å². The first kappa shape index (κ1) is 13.1. The lowest BCUT2D eigenvalue weighted by Crippen LogP contribution is -2.28. The zero-order valence-corrected chi connectivity index (χ0v) is 11.5. The molecule has 0 unspecified atom stereocenters. The average Bonchev–Trinajstić information content (AvgIpc) is 2.34. The van der Waals surface area contributed by atoms with Crippen LogP contribution in [0.25, 0.3) is 0 Å². The summed E-state index contributed by atoms with van der Waals surface area (Å²) >= 11 is 0.